The molecule has 3 heterocycles. The van der Waals surface area contributed by atoms with Crippen molar-refractivity contribution in [1.82, 2.24) is 9.88 Å². The van der Waals surface area contributed by atoms with Gasteiger partial charge < -0.3 is 24.2 Å². The maximum Gasteiger partial charge on any atom is 0.496 e. The van der Waals surface area contributed by atoms with Gasteiger partial charge in [0, 0.05) is 31.8 Å². The van der Waals surface area contributed by atoms with E-state index in [0.29, 0.717) is 13.1 Å². The van der Waals surface area contributed by atoms with Gasteiger partial charge in [-0.05, 0) is 33.8 Å². The van der Waals surface area contributed by atoms with Crippen molar-refractivity contribution in [1.29, 1.82) is 0 Å². The van der Waals surface area contributed by atoms with E-state index in [0.717, 1.165) is 11.3 Å². The van der Waals surface area contributed by atoms with Crippen LogP contribution < -0.4 is 10.4 Å². The van der Waals surface area contributed by atoms with Crippen LogP contribution in [0.1, 0.15) is 27.7 Å². The summed E-state index contributed by atoms with van der Waals surface area (Å²) in [5.41, 5.74) is 0.141. The van der Waals surface area contributed by atoms with Gasteiger partial charge in [-0.2, -0.15) is 0 Å². The molecule has 1 aromatic rings. The third kappa shape index (κ3) is 2.84. The molecular formula is C16H24BN3O4. The maximum absolute atomic E-state index is 10.9. The number of amides is 1. The van der Waals surface area contributed by atoms with Crippen LogP contribution >= 0.6 is 0 Å². The number of rotatable bonds is 3. The van der Waals surface area contributed by atoms with Crippen LogP contribution in [-0.2, 0) is 9.31 Å². The largest absolute Gasteiger partial charge is 0.496 e. The van der Waals surface area contributed by atoms with Crippen LogP contribution in [0.15, 0.2) is 18.3 Å². The highest BCUT2D eigenvalue weighted by molar-refractivity contribution is 6.62. The summed E-state index contributed by atoms with van der Waals surface area (Å²) in [6.07, 6.45) is 0.870. The summed E-state index contributed by atoms with van der Waals surface area (Å²) in [5.74, 6) is 0.838. The van der Waals surface area contributed by atoms with E-state index in [2.05, 4.69) is 9.88 Å². The molecule has 1 amide bonds. The van der Waals surface area contributed by atoms with E-state index in [4.69, 9.17) is 14.4 Å². The molecule has 7 nitrogen and oxygen atoms in total. The Hall–Kier alpha value is -1.80. The van der Waals surface area contributed by atoms with E-state index >= 15 is 0 Å². The second-order valence-corrected chi connectivity index (χ2v) is 7.49. The Labute approximate surface area is 142 Å². The molecule has 2 saturated heterocycles. The molecule has 2 aliphatic heterocycles. The molecular weight excluding hydrogens is 309 g/mol. The summed E-state index contributed by atoms with van der Waals surface area (Å²) < 4.78 is 12.0. The van der Waals surface area contributed by atoms with Gasteiger partial charge in [0.05, 0.1) is 17.2 Å². The molecule has 0 atom stereocenters. The van der Waals surface area contributed by atoms with E-state index in [1.165, 1.54) is 4.90 Å². The molecule has 1 aromatic heterocycles. The molecule has 0 saturated carbocycles. The highest BCUT2D eigenvalue weighted by atomic mass is 16.7. The van der Waals surface area contributed by atoms with Gasteiger partial charge in [-0.3, -0.25) is 0 Å². The molecule has 8 heteroatoms. The SMILES string of the molecule is CN(C(=O)O)C1CN(c2ccc(B3OC(C)(C)C(C)(C)O3)cn2)C1. The lowest BCUT2D eigenvalue weighted by molar-refractivity contribution is 0.00578. The Morgan fingerprint density at radius 2 is 1.88 bits per heavy atom. The number of hydrogen-bond donors (Lipinski definition) is 1. The first kappa shape index (κ1) is 17.0. The lowest BCUT2D eigenvalue weighted by Gasteiger charge is -2.43. The van der Waals surface area contributed by atoms with Crippen molar-refractivity contribution in [3.05, 3.63) is 18.3 Å². The van der Waals surface area contributed by atoms with Crippen LogP contribution in [0.25, 0.3) is 0 Å². The van der Waals surface area contributed by atoms with Crippen LogP contribution in [0.4, 0.5) is 10.6 Å². The van der Waals surface area contributed by atoms with Gasteiger partial charge in [-0.25, -0.2) is 9.78 Å². The standard InChI is InChI=1S/C16H24BN3O4/c1-15(2)16(3,4)24-17(23-15)11-6-7-13(18-8-11)20-9-12(10-20)19(5)14(21)22/h6-8,12H,9-10H2,1-5H3,(H,21,22). The quantitative estimate of drug-likeness (QED) is 0.838. The van der Waals surface area contributed by atoms with Gasteiger partial charge >= 0.3 is 13.2 Å². The minimum atomic E-state index is -0.899. The molecule has 0 unspecified atom stereocenters. The first-order chi connectivity index (χ1) is 11.1. The first-order valence-corrected chi connectivity index (χ1v) is 8.13. The van der Waals surface area contributed by atoms with Gasteiger partial charge in [-0.1, -0.05) is 6.07 Å². The van der Waals surface area contributed by atoms with Crippen molar-refractivity contribution in [2.24, 2.45) is 0 Å². The maximum atomic E-state index is 10.9. The smallest absolute Gasteiger partial charge is 0.465 e. The monoisotopic (exact) mass is 333 g/mol. The lowest BCUT2D eigenvalue weighted by Crippen LogP contribution is -2.60. The summed E-state index contributed by atoms with van der Waals surface area (Å²) in [4.78, 5) is 18.8. The van der Waals surface area contributed by atoms with Crippen LogP contribution in [0, 0.1) is 0 Å². The molecule has 0 aliphatic carbocycles. The van der Waals surface area contributed by atoms with Crippen molar-refractivity contribution < 1.29 is 19.2 Å². The van der Waals surface area contributed by atoms with Gasteiger partial charge in [0.1, 0.15) is 5.82 Å². The van der Waals surface area contributed by atoms with Crippen LogP contribution in [-0.4, -0.2) is 65.6 Å². The molecule has 3 rings (SSSR count). The molecule has 0 bridgehead atoms. The fourth-order valence-corrected chi connectivity index (χ4v) is 2.75. The topological polar surface area (TPSA) is 75.1 Å². The zero-order valence-corrected chi connectivity index (χ0v) is 14.8. The van der Waals surface area contributed by atoms with Gasteiger partial charge in [0.25, 0.3) is 0 Å². The number of aromatic nitrogens is 1. The van der Waals surface area contributed by atoms with Crippen molar-refractivity contribution in [2.75, 3.05) is 25.0 Å². The van der Waals surface area contributed by atoms with Crippen molar-refractivity contribution in [3.63, 3.8) is 0 Å². The minimum absolute atomic E-state index is 0.0204. The van der Waals surface area contributed by atoms with Gasteiger partial charge in [-0.15, -0.1) is 0 Å². The van der Waals surface area contributed by atoms with Crippen molar-refractivity contribution >= 4 is 24.5 Å². The number of nitrogens with zero attached hydrogens (tertiary/aromatic N) is 3. The van der Waals surface area contributed by atoms with E-state index < -0.39 is 13.2 Å². The molecule has 0 aromatic carbocycles. The Balaban J connectivity index is 1.63. The Kier molecular flexibility index (Phi) is 4.00. The minimum Gasteiger partial charge on any atom is -0.465 e. The summed E-state index contributed by atoms with van der Waals surface area (Å²) in [7, 11) is 1.18. The lowest BCUT2D eigenvalue weighted by atomic mass is 9.80. The highest BCUT2D eigenvalue weighted by Crippen LogP contribution is 2.36. The van der Waals surface area contributed by atoms with Crippen LogP contribution in [0.5, 0.6) is 0 Å². The number of hydrogen-bond acceptors (Lipinski definition) is 5. The average Bonchev–Trinajstić information content (AvgIpc) is 2.66. The molecule has 1 N–H and O–H groups in total. The molecule has 130 valence electrons. The summed E-state index contributed by atoms with van der Waals surface area (Å²) in [5, 5.41) is 8.98. The third-order valence-corrected chi connectivity index (χ3v) is 5.33. The zero-order valence-electron chi connectivity index (χ0n) is 14.8. The number of likely N-dealkylation sites (N-methyl/N-ethyl adjacent to an activating group) is 1. The van der Waals surface area contributed by atoms with E-state index in [-0.39, 0.29) is 17.2 Å². The number of pyridine rings is 1. The predicted molar refractivity (Wildman–Crippen MR) is 91.7 cm³/mol. The summed E-state index contributed by atoms with van der Waals surface area (Å²) >= 11 is 0. The third-order valence-electron chi connectivity index (χ3n) is 5.33. The second-order valence-electron chi connectivity index (χ2n) is 7.49. The van der Waals surface area contributed by atoms with Crippen molar-refractivity contribution in [2.45, 2.75) is 44.9 Å². The Morgan fingerprint density at radius 1 is 1.29 bits per heavy atom. The number of anilines is 1. The molecule has 2 fully saturated rings. The second kappa shape index (κ2) is 5.63. The number of carboxylic acid groups (broad SMARTS) is 1. The van der Waals surface area contributed by atoms with E-state index in [1.807, 2.05) is 39.8 Å². The van der Waals surface area contributed by atoms with Crippen LogP contribution in [0.2, 0.25) is 0 Å². The highest BCUT2D eigenvalue weighted by Gasteiger charge is 2.51. The first-order valence-electron chi connectivity index (χ1n) is 8.13. The normalized spacial score (nSPS) is 22.4. The van der Waals surface area contributed by atoms with Gasteiger partial charge in [0.2, 0.25) is 0 Å². The summed E-state index contributed by atoms with van der Waals surface area (Å²) in [6, 6.07) is 3.91. The molecule has 24 heavy (non-hydrogen) atoms. The van der Waals surface area contributed by atoms with Crippen LogP contribution in [0.3, 0.4) is 0 Å². The average molecular weight is 333 g/mol. The van der Waals surface area contributed by atoms with E-state index in [1.54, 1.807) is 13.2 Å². The zero-order chi connectivity index (χ0) is 17.7. The molecule has 0 spiro atoms. The number of carbonyl (C=O) groups is 1. The van der Waals surface area contributed by atoms with Gasteiger partial charge in [0.15, 0.2) is 0 Å². The predicted octanol–water partition coefficient (Wildman–Crippen LogP) is 1.18. The molecule has 2 aliphatic rings. The van der Waals surface area contributed by atoms with Crippen molar-refractivity contribution in [3.8, 4) is 0 Å². The Bertz CT molecular complexity index is 613. The Morgan fingerprint density at radius 3 is 2.33 bits per heavy atom. The molecule has 0 radical (unpaired) electrons. The fourth-order valence-electron chi connectivity index (χ4n) is 2.75. The summed E-state index contributed by atoms with van der Waals surface area (Å²) in [6.45, 7) is 9.40. The van der Waals surface area contributed by atoms with E-state index in [9.17, 15) is 4.79 Å². The fraction of sp³-hybridized carbons (Fsp3) is 0.625.